The third-order valence-corrected chi connectivity index (χ3v) is 6.31. The molecule has 1 amide bonds. The topological polar surface area (TPSA) is 85.8 Å². The van der Waals surface area contributed by atoms with Crippen molar-refractivity contribution in [1.29, 1.82) is 0 Å². The lowest BCUT2D eigenvalue weighted by Crippen LogP contribution is -2.39. The summed E-state index contributed by atoms with van der Waals surface area (Å²) in [6, 6.07) is 5.65. The van der Waals surface area contributed by atoms with E-state index in [0.29, 0.717) is 30.7 Å². The molecule has 1 aliphatic heterocycles. The third kappa shape index (κ3) is 5.19. The van der Waals surface area contributed by atoms with E-state index in [0.717, 1.165) is 49.7 Å². The van der Waals surface area contributed by atoms with E-state index in [1.165, 1.54) is 12.8 Å². The zero-order valence-electron chi connectivity index (χ0n) is 18.5. The molecule has 0 spiro atoms. The Morgan fingerprint density at radius 1 is 1.19 bits per heavy atom. The summed E-state index contributed by atoms with van der Waals surface area (Å²) >= 11 is 0. The molecular formula is C24H30N4O4. The van der Waals surface area contributed by atoms with Gasteiger partial charge in [0.1, 0.15) is 5.75 Å². The lowest BCUT2D eigenvalue weighted by Gasteiger charge is -2.34. The average molecular weight is 439 g/mol. The Hall–Kier alpha value is -2.71. The number of carbonyl (C=O) groups excluding carboxylic acids is 1. The Balaban J connectivity index is 1.12. The van der Waals surface area contributed by atoms with Crippen LogP contribution in [-0.2, 0) is 14.3 Å². The molecular weight excluding hydrogens is 408 g/mol. The molecule has 8 nitrogen and oxygen atoms in total. The van der Waals surface area contributed by atoms with Crippen LogP contribution in [0.2, 0.25) is 0 Å². The molecule has 170 valence electrons. The average Bonchev–Trinajstić information content (AvgIpc) is 3.60. The van der Waals surface area contributed by atoms with Crippen molar-refractivity contribution in [2.75, 3.05) is 43.1 Å². The van der Waals surface area contributed by atoms with Crippen LogP contribution in [0.25, 0.3) is 0 Å². The third-order valence-electron chi connectivity index (χ3n) is 6.31. The number of aromatic nitrogens is 2. The highest BCUT2D eigenvalue weighted by Crippen LogP contribution is 2.35. The molecule has 0 unspecified atom stereocenters. The highest BCUT2D eigenvalue weighted by molar-refractivity contribution is 5.93. The van der Waals surface area contributed by atoms with Gasteiger partial charge in [-0.2, -0.15) is 0 Å². The predicted octanol–water partition coefficient (Wildman–Crippen LogP) is 3.56. The summed E-state index contributed by atoms with van der Waals surface area (Å²) in [5, 5.41) is 3.03. The van der Waals surface area contributed by atoms with E-state index in [1.807, 2.05) is 25.1 Å². The number of morpholine rings is 1. The maximum atomic E-state index is 12.5. The lowest BCUT2D eigenvalue weighted by atomic mass is 9.81. The standard InChI is InChI=1S/C24H30N4O4/c1-16-10-19(27-23(29)18-11-20(12-18)31-15-17-2-3-17)4-5-22(16)32-21-13-25-24(26-14-21)28-6-8-30-9-7-28/h4-5,10,13-14,17-18,20H,2-3,6-9,11-12,15H2,1H3,(H,27,29). The van der Waals surface area contributed by atoms with Gasteiger partial charge in [0.15, 0.2) is 5.75 Å². The molecule has 1 saturated heterocycles. The molecule has 1 aromatic carbocycles. The van der Waals surface area contributed by atoms with Gasteiger partial charge in [0.05, 0.1) is 31.7 Å². The van der Waals surface area contributed by atoms with Gasteiger partial charge >= 0.3 is 0 Å². The smallest absolute Gasteiger partial charge is 0.227 e. The first-order chi connectivity index (χ1) is 15.6. The van der Waals surface area contributed by atoms with Crippen molar-refractivity contribution < 1.29 is 19.0 Å². The monoisotopic (exact) mass is 438 g/mol. The summed E-state index contributed by atoms with van der Waals surface area (Å²) in [4.78, 5) is 23.5. The second kappa shape index (κ2) is 9.42. The first-order valence-corrected chi connectivity index (χ1v) is 11.5. The van der Waals surface area contributed by atoms with Crippen molar-refractivity contribution in [3.63, 3.8) is 0 Å². The van der Waals surface area contributed by atoms with Gasteiger partial charge < -0.3 is 24.4 Å². The van der Waals surface area contributed by atoms with E-state index in [-0.39, 0.29) is 17.9 Å². The summed E-state index contributed by atoms with van der Waals surface area (Å²) in [6.45, 7) is 5.79. The minimum absolute atomic E-state index is 0.0394. The number of nitrogens with one attached hydrogen (secondary N) is 1. The molecule has 2 heterocycles. The number of hydrogen-bond donors (Lipinski definition) is 1. The van der Waals surface area contributed by atoms with Crippen LogP contribution in [0.1, 0.15) is 31.2 Å². The summed E-state index contributed by atoms with van der Waals surface area (Å²) in [5.74, 6) is 2.85. The van der Waals surface area contributed by atoms with Gasteiger partial charge in [0.2, 0.25) is 11.9 Å². The van der Waals surface area contributed by atoms with Crippen LogP contribution >= 0.6 is 0 Å². The summed E-state index contributed by atoms with van der Waals surface area (Å²) in [6.07, 6.45) is 7.85. The van der Waals surface area contributed by atoms with Crippen LogP contribution in [0.15, 0.2) is 30.6 Å². The molecule has 8 heteroatoms. The molecule has 2 aliphatic carbocycles. The fourth-order valence-electron chi connectivity index (χ4n) is 3.97. The fraction of sp³-hybridized carbons (Fsp3) is 0.542. The Bertz CT molecular complexity index is 936. The Kier molecular flexibility index (Phi) is 6.23. The summed E-state index contributed by atoms with van der Waals surface area (Å²) in [7, 11) is 0. The van der Waals surface area contributed by atoms with E-state index in [9.17, 15) is 4.79 Å². The quantitative estimate of drug-likeness (QED) is 0.674. The van der Waals surface area contributed by atoms with E-state index in [4.69, 9.17) is 14.2 Å². The van der Waals surface area contributed by atoms with Gasteiger partial charge in [-0.05, 0) is 62.3 Å². The number of aryl methyl sites for hydroxylation is 1. The maximum Gasteiger partial charge on any atom is 0.227 e. The number of amides is 1. The molecule has 2 aromatic rings. The molecule has 3 fully saturated rings. The van der Waals surface area contributed by atoms with Crippen molar-refractivity contribution in [2.45, 2.75) is 38.7 Å². The van der Waals surface area contributed by atoms with Gasteiger partial charge in [0.25, 0.3) is 0 Å². The van der Waals surface area contributed by atoms with E-state index >= 15 is 0 Å². The maximum absolute atomic E-state index is 12.5. The van der Waals surface area contributed by atoms with E-state index in [2.05, 4.69) is 20.2 Å². The largest absolute Gasteiger partial charge is 0.454 e. The molecule has 3 aliphatic rings. The van der Waals surface area contributed by atoms with Crippen LogP contribution in [0.5, 0.6) is 11.5 Å². The zero-order valence-corrected chi connectivity index (χ0v) is 18.5. The van der Waals surface area contributed by atoms with Crippen molar-refractivity contribution in [1.82, 2.24) is 9.97 Å². The number of rotatable bonds is 8. The number of ether oxygens (including phenoxy) is 3. The van der Waals surface area contributed by atoms with E-state index in [1.54, 1.807) is 12.4 Å². The number of carbonyl (C=O) groups is 1. The Morgan fingerprint density at radius 3 is 2.62 bits per heavy atom. The van der Waals surface area contributed by atoms with Gasteiger partial charge in [-0.15, -0.1) is 0 Å². The SMILES string of the molecule is Cc1cc(NC(=O)C2CC(OCC3CC3)C2)ccc1Oc1cnc(N2CCOCC2)nc1. The van der Waals surface area contributed by atoms with Crippen LogP contribution in [0.3, 0.4) is 0 Å². The molecule has 1 N–H and O–H groups in total. The van der Waals surface area contributed by atoms with Gasteiger partial charge in [0, 0.05) is 31.3 Å². The van der Waals surface area contributed by atoms with Gasteiger partial charge in [-0.25, -0.2) is 9.97 Å². The van der Waals surface area contributed by atoms with Crippen molar-refractivity contribution in [3.8, 4) is 11.5 Å². The van der Waals surface area contributed by atoms with Crippen LogP contribution in [0.4, 0.5) is 11.6 Å². The molecule has 5 rings (SSSR count). The minimum Gasteiger partial charge on any atom is -0.454 e. The normalized spacial score (nSPS) is 22.8. The number of benzene rings is 1. The van der Waals surface area contributed by atoms with Gasteiger partial charge in [-0.3, -0.25) is 4.79 Å². The molecule has 0 atom stereocenters. The lowest BCUT2D eigenvalue weighted by molar-refractivity contribution is -0.128. The fourth-order valence-corrected chi connectivity index (χ4v) is 3.97. The number of anilines is 2. The first-order valence-electron chi connectivity index (χ1n) is 11.5. The first kappa shape index (κ1) is 21.2. The minimum atomic E-state index is 0.0394. The van der Waals surface area contributed by atoms with Crippen molar-refractivity contribution >= 4 is 17.5 Å². The second-order valence-corrected chi connectivity index (χ2v) is 8.96. The zero-order chi connectivity index (χ0) is 21.9. The molecule has 0 radical (unpaired) electrons. The highest BCUT2D eigenvalue weighted by atomic mass is 16.5. The summed E-state index contributed by atoms with van der Waals surface area (Å²) in [5.41, 5.74) is 1.71. The second-order valence-electron chi connectivity index (χ2n) is 8.96. The van der Waals surface area contributed by atoms with Gasteiger partial charge in [-0.1, -0.05) is 0 Å². The molecule has 2 saturated carbocycles. The highest BCUT2D eigenvalue weighted by Gasteiger charge is 2.36. The van der Waals surface area contributed by atoms with Crippen LogP contribution < -0.4 is 15.0 Å². The van der Waals surface area contributed by atoms with Crippen molar-refractivity contribution in [3.05, 3.63) is 36.2 Å². The molecule has 0 bridgehead atoms. The van der Waals surface area contributed by atoms with Crippen LogP contribution in [-0.4, -0.2) is 54.9 Å². The number of nitrogens with zero attached hydrogens (tertiary/aromatic N) is 3. The summed E-state index contributed by atoms with van der Waals surface area (Å²) < 4.78 is 17.2. The van der Waals surface area contributed by atoms with E-state index < -0.39 is 0 Å². The molecule has 32 heavy (non-hydrogen) atoms. The van der Waals surface area contributed by atoms with Crippen LogP contribution in [0, 0.1) is 18.8 Å². The predicted molar refractivity (Wildman–Crippen MR) is 120 cm³/mol. The Labute approximate surface area is 188 Å². The Morgan fingerprint density at radius 2 is 1.94 bits per heavy atom. The van der Waals surface area contributed by atoms with Crippen molar-refractivity contribution in [2.24, 2.45) is 11.8 Å². The number of hydrogen-bond acceptors (Lipinski definition) is 7. The molecule has 1 aromatic heterocycles.